The predicted molar refractivity (Wildman–Crippen MR) is 78.1 cm³/mol. The maximum absolute atomic E-state index is 12.7. The first kappa shape index (κ1) is 14.9. The van der Waals surface area contributed by atoms with Crippen molar-refractivity contribution in [3.05, 3.63) is 29.3 Å². The van der Waals surface area contributed by atoms with Crippen molar-refractivity contribution in [3.8, 4) is 5.75 Å². The molecule has 1 amide bonds. The van der Waals surface area contributed by atoms with Gasteiger partial charge in [-0.2, -0.15) is 0 Å². The van der Waals surface area contributed by atoms with Crippen molar-refractivity contribution in [2.24, 2.45) is 0 Å². The molecule has 110 valence electrons. The van der Waals surface area contributed by atoms with Crippen LogP contribution < -0.4 is 4.74 Å². The molecule has 0 bridgehead atoms. The standard InChI is InChI=1S/C16H23NO3/c1-4-14(18)13-8-6-10-17(13)16(19)12-7-5-9-15(20-3)11(12)2/h5,7,9,13-14,18H,4,6,8,10H2,1-3H3/t13-,14?/m1/s1. The molecular weight excluding hydrogens is 254 g/mol. The number of rotatable bonds is 4. The highest BCUT2D eigenvalue weighted by Gasteiger charge is 2.34. The number of aliphatic hydroxyl groups is 1. The number of nitrogens with zero attached hydrogens (tertiary/aromatic N) is 1. The molecule has 0 radical (unpaired) electrons. The maximum Gasteiger partial charge on any atom is 0.254 e. The third-order valence-electron chi connectivity index (χ3n) is 4.16. The number of hydrogen-bond donors (Lipinski definition) is 1. The second-order valence-electron chi connectivity index (χ2n) is 5.32. The number of benzene rings is 1. The van der Waals surface area contributed by atoms with E-state index >= 15 is 0 Å². The van der Waals surface area contributed by atoms with Gasteiger partial charge in [0.15, 0.2) is 0 Å². The van der Waals surface area contributed by atoms with Gasteiger partial charge in [-0.25, -0.2) is 0 Å². The van der Waals surface area contributed by atoms with Crippen LogP contribution >= 0.6 is 0 Å². The molecule has 1 N–H and O–H groups in total. The van der Waals surface area contributed by atoms with Crippen LogP contribution in [-0.2, 0) is 0 Å². The summed E-state index contributed by atoms with van der Waals surface area (Å²) < 4.78 is 5.27. The first-order chi connectivity index (χ1) is 9.60. The molecule has 0 aliphatic carbocycles. The Kier molecular flexibility index (Phi) is 4.65. The van der Waals surface area contributed by atoms with E-state index in [2.05, 4.69) is 0 Å². The van der Waals surface area contributed by atoms with E-state index in [1.54, 1.807) is 7.11 Å². The van der Waals surface area contributed by atoms with Crippen LogP contribution in [0, 0.1) is 6.92 Å². The van der Waals surface area contributed by atoms with E-state index in [9.17, 15) is 9.90 Å². The molecule has 0 saturated carbocycles. The molecule has 1 aliphatic rings. The monoisotopic (exact) mass is 277 g/mol. The highest BCUT2D eigenvalue weighted by atomic mass is 16.5. The molecule has 1 aliphatic heterocycles. The highest BCUT2D eigenvalue weighted by Crippen LogP contribution is 2.27. The Labute approximate surface area is 120 Å². The van der Waals surface area contributed by atoms with Gasteiger partial charge in [0.1, 0.15) is 5.75 Å². The SMILES string of the molecule is CCC(O)[C@H]1CCCN1C(=O)c1cccc(OC)c1C. The largest absolute Gasteiger partial charge is 0.496 e. The van der Waals surface area contributed by atoms with Crippen molar-refractivity contribution in [1.82, 2.24) is 4.90 Å². The lowest BCUT2D eigenvalue weighted by Gasteiger charge is -2.28. The molecule has 1 aromatic rings. The summed E-state index contributed by atoms with van der Waals surface area (Å²) in [5.41, 5.74) is 1.52. The third kappa shape index (κ3) is 2.66. The first-order valence-electron chi connectivity index (χ1n) is 7.22. The summed E-state index contributed by atoms with van der Waals surface area (Å²) in [6.45, 7) is 4.56. The van der Waals surface area contributed by atoms with Crippen LogP contribution in [0.4, 0.5) is 0 Å². The quantitative estimate of drug-likeness (QED) is 0.919. The Morgan fingerprint density at radius 2 is 2.30 bits per heavy atom. The summed E-state index contributed by atoms with van der Waals surface area (Å²) >= 11 is 0. The minimum atomic E-state index is -0.438. The summed E-state index contributed by atoms with van der Waals surface area (Å²) in [7, 11) is 1.61. The van der Waals surface area contributed by atoms with Crippen LogP contribution in [0.2, 0.25) is 0 Å². The summed E-state index contributed by atoms with van der Waals surface area (Å²) in [5, 5.41) is 10.1. The van der Waals surface area contributed by atoms with Gasteiger partial charge in [0.2, 0.25) is 0 Å². The smallest absolute Gasteiger partial charge is 0.254 e. The van der Waals surface area contributed by atoms with E-state index in [4.69, 9.17) is 4.74 Å². The van der Waals surface area contributed by atoms with E-state index < -0.39 is 6.10 Å². The van der Waals surface area contributed by atoms with Gasteiger partial charge in [-0.15, -0.1) is 0 Å². The first-order valence-corrected chi connectivity index (χ1v) is 7.22. The number of likely N-dealkylation sites (tertiary alicyclic amines) is 1. The van der Waals surface area contributed by atoms with Crippen LogP contribution in [0.15, 0.2) is 18.2 Å². The van der Waals surface area contributed by atoms with Crippen molar-refractivity contribution in [2.75, 3.05) is 13.7 Å². The van der Waals surface area contributed by atoms with Gasteiger partial charge < -0.3 is 14.7 Å². The molecule has 1 fully saturated rings. The number of carbonyl (C=O) groups is 1. The molecule has 4 heteroatoms. The number of methoxy groups -OCH3 is 1. The lowest BCUT2D eigenvalue weighted by Crippen LogP contribution is -2.42. The van der Waals surface area contributed by atoms with E-state index in [-0.39, 0.29) is 11.9 Å². The van der Waals surface area contributed by atoms with Gasteiger partial charge in [0.25, 0.3) is 5.91 Å². The van der Waals surface area contributed by atoms with Crippen LogP contribution in [0.5, 0.6) is 5.75 Å². The molecule has 20 heavy (non-hydrogen) atoms. The van der Waals surface area contributed by atoms with Crippen LogP contribution in [0.25, 0.3) is 0 Å². The molecule has 0 aromatic heterocycles. The fraction of sp³-hybridized carbons (Fsp3) is 0.562. The minimum Gasteiger partial charge on any atom is -0.496 e. The van der Waals surface area contributed by atoms with E-state index in [0.29, 0.717) is 12.0 Å². The molecule has 1 unspecified atom stereocenters. The normalized spacial score (nSPS) is 20.0. The van der Waals surface area contributed by atoms with Crippen LogP contribution in [-0.4, -0.2) is 41.7 Å². The van der Waals surface area contributed by atoms with E-state index in [1.807, 2.05) is 36.9 Å². The number of hydrogen-bond acceptors (Lipinski definition) is 3. The van der Waals surface area contributed by atoms with Gasteiger partial charge in [0, 0.05) is 17.7 Å². The minimum absolute atomic E-state index is 0.00333. The second-order valence-corrected chi connectivity index (χ2v) is 5.32. The lowest BCUT2D eigenvalue weighted by atomic mass is 10.0. The summed E-state index contributed by atoms with van der Waals surface area (Å²) in [5.74, 6) is 0.721. The van der Waals surface area contributed by atoms with Crippen LogP contribution in [0.1, 0.15) is 42.1 Å². The Morgan fingerprint density at radius 1 is 1.55 bits per heavy atom. The zero-order chi connectivity index (χ0) is 14.7. The van der Waals surface area contributed by atoms with Gasteiger partial charge in [-0.3, -0.25) is 4.79 Å². The molecule has 4 nitrogen and oxygen atoms in total. The second kappa shape index (κ2) is 6.27. The third-order valence-corrected chi connectivity index (χ3v) is 4.16. The van der Waals surface area contributed by atoms with Gasteiger partial charge in [-0.1, -0.05) is 13.0 Å². The van der Waals surface area contributed by atoms with Gasteiger partial charge in [-0.05, 0) is 38.3 Å². The molecule has 0 spiro atoms. The van der Waals surface area contributed by atoms with Crippen LogP contribution in [0.3, 0.4) is 0 Å². The van der Waals surface area contributed by atoms with Crippen molar-refractivity contribution in [2.45, 2.75) is 45.3 Å². The average molecular weight is 277 g/mol. The number of amides is 1. The Hall–Kier alpha value is -1.55. The van der Waals surface area contributed by atoms with Crippen molar-refractivity contribution < 1.29 is 14.6 Å². The Bertz CT molecular complexity index is 487. The number of aliphatic hydroxyl groups excluding tert-OH is 1. The van der Waals surface area contributed by atoms with E-state index in [1.165, 1.54) is 0 Å². The zero-order valence-electron chi connectivity index (χ0n) is 12.4. The maximum atomic E-state index is 12.7. The van der Waals surface area contributed by atoms with E-state index in [0.717, 1.165) is 30.7 Å². The number of carbonyl (C=O) groups excluding carboxylic acids is 1. The van der Waals surface area contributed by atoms with Gasteiger partial charge in [0.05, 0.1) is 19.3 Å². The summed E-state index contributed by atoms with van der Waals surface area (Å²) in [6.07, 6.45) is 2.07. The van der Waals surface area contributed by atoms with Crippen molar-refractivity contribution >= 4 is 5.91 Å². The van der Waals surface area contributed by atoms with Gasteiger partial charge >= 0.3 is 0 Å². The molecule has 1 heterocycles. The predicted octanol–water partition coefficient (Wildman–Crippen LogP) is 2.38. The molecule has 2 atom stereocenters. The fourth-order valence-electron chi connectivity index (χ4n) is 2.94. The molecular formula is C16H23NO3. The lowest BCUT2D eigenvalue weighted by molar-refractivity contribution is 0.0478. The molecule has 2 rings (SSSR count). The fourth-order valence-corrected chi connectivity index (χ4v) is 2.94. The Morgan fingerprint density at radius 3 is 2.95 bits per heavy atom. The van der Waals surface area contributed by atoms with Crippen molar-refractivity contribution in [3.63, 3.8) is 0 Å². The molecule has 1 aromatic carbocycles. The topological polar surface area (TPSA) is 49.8 Å². The summed E-state index contributed by atoms with van der Waals surface area (Å²) in [4.78, 5) is 14.5. The Balaban J connectivity index is 2.27. The average Bonchev–Trinajstić information content (AvgIpc) is 2.95. The zero-order valence-corrected chi connectivity index (χ0v) is 12.4. The highest BCUT2D eigenvalue weighted by molar-refractivity contribution is 5.96. The molecule has 1 saturated heterocycles. The van der Waals surface area contributed by atoms with Crippen molar-refractivity contribution in [1.29, 1.82) is 0 Å². The number of ether oxygens (including phenoxy) is 1. The summed E-state index contributed by atoms with van der Waals surface area (Å²) in [6, 6.07) is 5.46.